The van der Waals surface area contributed by atoms with E-state index < -0.39 is 6.10 Å². The van der Waals surface area contributed by atoms with Gasteiger partial charge in [-0.1, -0.05) is 37.3 Å². The molecule has 0 fully saturated rings. The third-order valence-electron chi connectivity index (χ3n) is 2.99. The van der Waals surface area contributed by atoms with Crippen molar-refractivity contribution in [2.75, 3.05) is 0 Å². The zero-order chi connectivity index (χ0) is 13.1. The van der Waals surface area contributed by atoms with Crippen LogP contribution < -0.4 is 0 Å². The van der Waals surface area contributed by atoms with Gasteiger partial charge < -0.3 is 15.3 Å². The first-order valence-corrected chi connectivity index (χ1v) is 5.93. The van der Waals surface area contributed by atoms with Crippen LogP contribution in [0.5, 0.6) is 11.5 Å². The van der Waals surface area contributed by atoms with Crippen LogP contribution in [0.15, 0.2) is 42.5 Å². The summed E-state index contributed by atoms with van der Waals surface area (Å²) in [6.45, 7) is 1.86. The molecule has 0 aromatic heterocycles. The summed E-state index contributed by atoms with van der Waals surface area (Å²) >= 11 is 0. The summed E-state index contributed by atoms with van der Waals surface area (Å²) in [4.78, 5) is 0. The molecule has 0 saturated heterocycles. The maximum atomic E-state index is 9.99. The van der Waals surface area contributed by atoms with E-state index in [1.165, 1.54) is 0 Å². The first-order chi connectivity index (χ1) is 8.65. The van der Waals surface area contributed by atoms with Gasteiger partial charge in [0.1, 0.15) is 11.5 Å². The number of phenolic OH excluding ortho intramolecular Hbond substituents is 2. The van der Waals surface area contributed by atoms with E-state index in [4.69, 9.17) is 0 Å². The zero-order valence-corrected chi connectivity index (χ0v) is 10.2. The molecular weight excluding hydrogens is 228 g/mol. The Morgan fingerprint density at radius 2 is 1.61 bits per heavy atom. The molecule has 2 aromatic carbocycles. The Bertz CT molecular complexity index is 549. The Hall–Kier alpha value is -2.00. The standard InChI is InChI=1S/C15H16O3/c1-2-12(16)10-7-5-9-14(18)15(10)11-6-3-4-8-13(11)17/h3-9,12,16-18H,2H2,1H3. The molecular formula is C15H16O3. The van der Waals surface area contributed by atoms with Crippen LogP contribution in [-0.2, 0) is 0 Å². The van der Waals surface area contributed by atoms with Gasteiger partial charge in [-0.2, -0.15) is 0 Å². The molecule has 0 aliphatic carbocycles. The third-order valence-corrected chi connectivity index (χ3v) is 2.99. The second-order valence-corrected chi connectivity index (χ2v) is 4.18. The summed E-state index contributed by atoms with van der Waals surface area (Å²) in [7, 11) is 0. The van der Waals surface area contributed by atoms with Crippen LogP contribution in [-0.4, -0.2) is 15.3 Å². The minimum absolute atomic E-state index is 0.0569. The lowest BCUT2D eigenvalue weighted by Gasteiger charge is -2.16. The maximum absolute atomic E-state index is 9.99. The molecule has 94 valence electrons. The molecule has 18 heavy (non-hydrogen) atoms. The van der Waals surface area contributed by atoms with Crippen molar-refractivity contribution in [3.05, 3.63) is 48.0 Å². The van der Waals surface area contributed by atoms with Gasteiger partial charge in [-0.05, 0) is 24.1 Å². The summed E-state index contributed by atoms with van der Waals surface area (Å²) < 4.78 is 0. The minimum Gasteiger partial charge on any atom is -0.507 e. The van der Waals surface area contributed by atoms with Crippen molar-refractivity contribution in [1.29, 1.82) is 0 Å². The van der Waals surface area contributed by atoms with E-state index >= 15 is 0 Å². The van der Waals surface area contributed by atoms with Gasteiger partial charge in [0.2, 0.25) is 0 Å². The van der Waals surface area contributed by atoms with Crippen LogP contribution in [0.3, 0.4) is 0 Å². The van der Waals surface area contributed by atoms with Crippen molar-refractivity contribution in [3.8, 4) is 22.6 Å². The number of phenols is 2. The van der Waals surface area contributed by atoms with Crippen molar-refractivity contribution in [2.45, 2.75) is 19.4 Å². The Morgan fingerprint density at radius 1 is 0.944 bits per heavy atom. The van der Waals surface area contributed by atoms with Crippen molar-refractivity contribution < 1.29 is 15.3 Å². The molecule has 0 amide bonds. The number of aliphatic hydroxyl groups is 1. The lowest BCUT2D eigenvalue weighted by molar-refractivity contribution is 0.174. The van der Waals surface area contributed by atoms with E-state index in [9.17, 15) is 15.3 Å². The summed E-state index contributed by atoms with van der Waals surface area (Å²) in [6, 6.07) is 11.8. The molecule has 0 aliphatic heterocycles. The molecule has 0 heterocycles. The molecule has 1 unspecified atom stereocenters. The van der Waals surface area contributed by atoms with Crippen LogP contribution in [0.2, 0.25) is 0 Å². The molecule has 3 N–H and O–H groups in total. The molecule has 0 radical (unpaired) electrons. The Labute approximate surface area is 106 Å². The first-order valence-electron chi connectivity index (χ1n) is 5.93. The number of hydrogen-bond acceptors (Lipinski definition) is 3. The first kappa shape index (κ1) is 12.5. The average molecular weight is 244 g/mol. The predicted octanol–water partition coefficient (Wildman–Crippen LogP) is 3.21. The largest absolute Gasteiger partial charge is 0.507 e. The Kier molecular flexibility index (Phi) is 3.53. The highest BCUT2D eigenvalue weighted by Crippen LogP contribution is 2.40. The van der Waals surface area contributed by atoms with E-state index in [0.717, 1.165) is 0 Å². The molecule has 2 rings (SSSR count). The monoisotopic (exact) mass is 244 g/mol. The summed E-state index contributed by atoms with van der Waals surface area (Å²) in [5.41, 5.74) is 1.64. The molecule has 0 spiro atoms. The molecule has 2 aromatic rings. The highest BCUT2D eigenvalue weighted by Gasteiger charge is 2.17. The Morgan fingerprint density at radius 3 is 2.28 bits per heavy atom. The van der Waals surface area contributed by atoms with Gasteiger partial charge in [0.05, 0.1) is 6.10 Å². The van der Waals surface area contributed by atoms with E-state index in [1.54, 1.807) is 42.5 Å². The quantitative estimate of drug-likeness (QED) is 0.777. The van der Waals surface area contributed by atoms with Crippen LogP contribution in [0.1, 0.15) is 25.0 Å². The number of benzene rings is 2. The van der Waals surface area contributed by atoms with Gasteiger partial charge in [-0.3, -0.25) is 0 Å². The number of para-hydroxylation sites is 1. The normalized spacial score (nSPS) is 12.3. The Balaban J connectivity index is 2.66. The van der Waals surface area contributed by atoms with Crippen LogP contribution in [0.4, 0.5) is 0 Å². The number of rotatable bonds is 3. The van der Waals surface area contributed by atoms with E-state index in [1.807, 2.05) is 6.92 Å². The minimum atomic E-state index is -0.660. The molecule has 0 saturated carbocycles. The van der Waals surface area contributed by atoms with Gasteiger partial charge in [0.15, 0.2) is 0 Å². The maximum Gasteiger partial charge on any atom is 0.123 e. The smallest absolute Gasteiger partial charge is 0.123 e. The SMILES string of the molecule is CCC(O)c1cccc(O)c1-c1ccccc1O. The fourth-order valence-electron chi connectivity index (χ4n) is 2.03. The summed E-state index contributed by atoms with van der Waals surface area (Å²) in [5.74, 6) is 0.144. The number of hydrogen-bond donors (Lipinski definition) is 3. The number of aromatic hydroxyl groups is 2. The molecule has 3 nitrogen and oxygen atoms in total. The van der Waals surface area contributed by atoms with Gasteiger partial charge in [-0.15, -0.1) is 0 Å². The third kappa shape index (κ3) is 2.17. The van der Waals surface area contributed by atoms with Gasteiger partial charge in [0, 0.05) is 11.1 Å². The van der Waals surface area contributed by atoms with E-state index in [-0.39, 0.29) is 11.5 Å². The summed E-state index contributed by atoms with van der Waals surface area (Å²) in [6.07, 6.45) is -0.115. The fourth-order valence-corrected chi connectivity index (χ4v) is 2.03. The molecule has 3 heteroatoms. The van der Waals surface area contributed by atoms with Crippen molar-refractivity contribution >= 4 is 0 Å². The molecule has 0 bridgehead atoms. The van der Waals surface area contributed by atoms with Gasteiger partial charge in [0.25, 0.3) is 0 Å². The predicted molar refractivity (Wildman–Crippen MR) is 70.5 cm³/mol. The van der Waals surface area contributed by atoms with Crippen LogP contribution in [0, 0.1) is 0 Å². The van der Waals surface area contributed by atoms with Crippen molar-refractivity contribution in [3.63, 3.8) is 0 Å². The summed E-state index contributed by atoms with van der Waals surface area (Å²) in [5, 5.41) is 29.9. The van der Waals surface area contributed by atoms with Crippen molar-refractivity contribution in [1.82, 2.24) is 0 Å². The average Bonchev–Trinajstić information content (AvgIpc) is 2.39. The van der Waals surface area contributed by atoms with E-state index in [2.05, 4.69) is 0 Å². The van der Waals surface area contributed by atoms with Gasteiger partial charge >= 0.3 is 0 Å². The second kappa shape index (κ2) is 5.10. The van der Waals surface area contributed by atoms with E-state index in [0.29, 0.717) is 23.1 Å². The fraction of sp³-hybridized carbons (Fsp3) is 0.200. The zero-order valence-electron chi connectivity index (χ0n) is 10.2. The number of aliphatic hydroxyl groups excluding tert-OH is 1. The van der Waals surface area contributed by atoms with Gasteiger partial charge in [-0.25, -0.2) is 0 Å². The molecule has 0 aliphatic rings. The topological polar surface area (TPSA) is 60.7 Å². The molecule has 1 atom stereocenters. The highest BCUT2D eigenvalue weighted by atomic mass is 16.3. The highest BCUT2D eigenvalue weighted by molar-refractivity contribution is 5.78. The second-order valence-electron chi connectivity index (χ2n) is 4.18. The van der Waals surface area contributed by atoms with Crippen LogP contribution >= 0.6 is 0 Å². The van der Waals surface area contributed by atoms with Crippen LogP contribution in [0.25, 0.3) is 11.1 Å². The van der Waals surface area contributed by atoms with Crippen molar-refractivity contribution in [2.24, 2.45) is 0 Å². The lowest BCUT2D eigenvalue weighted by Crippen LogP contribution is -1.98. The lowest BCUT2D eigenvalue weighted by atomic mass is 9.93.